The van der Waals surface area contributed by atoms with Crippen molar-refractivity contribution in [2.45, 2.75) is 39.0 Å². The predicted octanol–water partition coefficient (Wildman–Crippen LogP) is 1.12. The molecular weight excluding hydrogens is 300 g/mol. The van der Waals surface area contributed by atoms with Gasteiger partial charge in [0.05, 0.1) is 36.7 Å². The molecule has 8 heteroatoms. The molecule has 1 aliphatic rings. The lowest BCUT2D eigenvalue weighted by Gasteiger charge is -2.32. The van der Waals surface area contributed by atoms with E-state index < -0.39 is 0 Å². The van der Waals surface area contributed by atoms with E-state index in [0.717, 1.165) is 17.0 Å². The summed E-state index contributed by atoms with van der Waals surface area (Å²) in [6.07, 6.45) is 3.55. The van der Waals surface area contributed by atoms with E-state index in [1.54, 1.807) is 6.20 Å². The van der Waals surface area contributed by atoms with Crippen molar-refractivity contribution >= 4 is 5.91 Å². The van der Waals surface area contributed by atoms with Crippen molar-refractivity contribution in [1.82, 2.24) is 20.7 Å². The van der Waals surface area contributed by atoms with Gasteiger partial charge in [0.2, 0.25) is 0 Å². The van der Waals surface area contributed by atoms with Crippen LogP contribution < -0.4 is 5.32 Å². The summed E-state index contributed by atoms with van der Waals surface area (Å²) >= 11 is 0. The maximum Gasteiger partial charge on any atom is 0.254 e. The Morgan fingerprint density at radius 2 is 2.39 bits per heavy atom. The number of amides is 1. The van der Waals surface area contributed by atoms with Gasteiger partial charge in [0.15, 0.2) is 0 Å². The Morgan fingerprint density at radius 3 is 3.09 bits per heavy atom. The van der Waals surface area contributed by atoms with Crippen LogP contribution in [0.5, 0.6) is 0 Å². The van der Waals surface area contributed by atoms with Crippen molar-refractivity contribution in [3.05, 3.63) is 35.0 Å². The third kappa shape index (κ3) is 3.59. The minimum Gasteiger partial charge on any atom is -0.379 e. The van der Waals surface area contributed by atoms with Crippen molar-refractivity contribution in [3.8, 4) is 0 Å². The third-order valence-electron chi connectivity index (χ3n) is 4.00. The molecule has 124 valence electrons. The number of H-pyrrole nitrogens is 1. The van der Waals surface area contributed by atoms with E-state index in [2.05, 4.69) is 20.7 Å². The fourth-order valence-corrected chi connectivity index (χ4v) is 2.57. The zero-order valence-electron chi connectivity index (χ0n) is 13.2. The van der Waals surface area contributed by atoms with E-state index in [0.29, 0.717) is 31.8 Å². The van der Waals surface area contributed by atoms with Gasteiger partial charge in [-0.3, -0.25) is 9.89 Å². The molecule has 2 N–H and O–H groups in total. The maximum atomic E-state index is 12.2. The molecule has 0 aliphatic carbocycles. The number of carbonyl (C=O) groups is 1. The van der Waals surface area contributed by atoms with Crippen LogP contribution in [0.25, 0.3) is 0 Å². The van der Waals surface area contributed by atoms with Gasteiger partial charge in [0.1, 0.15) is 11.9 Å². The van der Waals surface area contributed by atoms with Gasteiger partial charge in [0, 0.05) is 18.4 Å². The Morgan fingerprint density at radius 1 is 1.52 bits per heavy atom. The Balaban J connectivity index is 1.61. The number of nitrogens with zero attached hydrogens (tertiary/aromatic N) is 2. The molecule has 1 amide bonds. The highest BCUT2D eigenvalue weighted by Gasteiger charge is 2.29. The first-order valence-electron chi connectivity index (χ1n) is 7.56. The number of ether oxygens (including phenoxy) is 2. The normalized spacial score (nSPS) is 21.3. The summed E-state index contributed by atoms with van der Waals surface area (Å²) in [4.78, 5) is 12.2. The summed E-state index contributed by atoms with van der Waals surface area (Å²) in [5.74, 6) is 0.579. The molecule has 23 heavy (non-hydrogen) atoms. The number of hydrogen-bond donors (Lipinski definition) is 2. The van der Waals surface area contributed by atoms with Crippen molar-refractivity contribution in [3.63, 3.8) is 0 Å². The van der Waals surface area contributed by atoms with Gasteiger partial charge < -0.3 is 19.3 Å². The highest BCUT2D eigenvalue weighted by Crippen LogP contribution is 2.18. The Kier molecular flexibility index (Phi) is 4.73. The number of rotatable bonds is 5. The van der Waals surface area contributed by atoms with Crippen molar-refractivity contribution in [2.75, 3.05) is 13.2 Å². The highest BCUT2D eigenvalue weighted by molar-refractivity contribution is 5.93. The Labute approximate surface area is 133 Å². The molecule has 2 atom stereocenters. The third-order valence-corrected chi connectivity index (χ3v) is 4.00. The van der Waals surface area contributed by atoms with Gasteiger partial charge in [-0.25, -0.2) is 0 Å². The first kappa shape index (κ1) is 15.7. The maximum absolute atomic E-state index is 12.2. The first-order chi connectivity index (χ1) is 11.1. The lowest BCUT2D eigenvalue weighted by atomic mass is 10.1. The lowest BCUT2D eigenvalue weighted by molar-refractivity contribution is -0.0739. The van der Waals surface area contributed by atoms with Crippen molar-refractivity contribution in [1.29, 1.82) is 0 Å². The average molecular weight is 320 g/mol. The number of aromatic nitrogens is 3. The molecule has 0 saturated carbocycles. The van der Waals surface area contributed by atoms with Gasteiger partial charge in [-0.05, 0) is 20.3 Å². The summed E-state index contributed by atoms with van der Waals surface area (Å²) in [6.45, 7) is 5.16. The van der Waals surface area contributed by atoms with Crippen molar-refractivity contribution in [2.24, 2.45) is 0 Å². The van der Waals surface area contributed by atoms with E-state index in [-0.39, 0.29) is 18.1 Å². The number of aryl methyl sites for hydroxylation is 2. The first-order valence-corrected chi connectivity index (χ1v) is 7.56. The van der Waals surface area contributed by atoms with Crippen LogP contribution in [0, 0.1) is 13.8 Å². The summed E-state index contributed by atoms with van der Waals surface area (Å²) < 4.78 is 16.6. The molecule has 0 radical (unpaired) electrons. The molecular formula is C15H20N4O4. The number of aromatic amines is 1. The number of nitrogens with one attached hydrogen (secondary N) is 2. The van der Waals surface area contributed by atoms with Crippen LogP contribution in [0.15, 0.2) is 16.9 Å². The zero-order chi connectivity index (χ0) is 16.2. The topological polar surface area (TPSA) is 102 Å². The molecule has 1 saturated heterocycles. The van der Waals surface area contributed by atoms with Crippen LogP contribution in [-0.2, 0) is 16.1 Å². The second-order valence-corrected chi connectivity index (χ2v) is 5.58. The minimum absolute atomic E-state index is 0.105. The molecule has 0 spiro atoms. The molecule has 8 nitrogen and oxygen atoms in total. The largest absolute Gasteiger partial charge is 0.379 e. The monoisotopic (exact) mass is 320 g/mol. The molecule has 0 aromatic carbocycles. The van der Waals surface area contributed by atoms with Crippen LogP contribution >= 0.6 is 0 Å². The van der Waals surface area contributed by atoms with Crippen LogP contribution in [0.1, 0.15) is 33.8 Å². The van der Waals surface area contributed by atoms with Gasteiger partial charge >= 0.3 is 0 Å². The molecule has 1 fully saturated rings. The van der Waals surface area contributed by atoms with Crippen LogP contribution in [0.4, 0.5) is 0 Å². The van der Waals surface area contributed by atoms with Gasteiger partial charge in [-0.2, -0.15) is 5.10 Å². The van der Waals surface area contributed by atoms with E-state index in [4.69, 9.17) is 14.0 Å². The Hall–Kier alpha value is -2.19. The summed E-state index contributed by atoms with van der Waals surface area (Å²) in [5.41, 5.74) is 2.26. The molecule has 3 heterocycles. The number of carbonyl (C=O) groups excluding carboxylic acids is 1. The van der Waals surface area contributed by atoms with Gasteiger partial charge in [0.25, 0.3) is 5.91 Å². The molecule has 1 aliphatic heterocycles. The van der Waals surface area contributed by atoms with Crippen LogP contribution in [0.2, 0.25) is 0 Å². The van der Waals surface area contributed by atoms with E-state index in [9.17, 15) is 4.79 Å². The predicted molar refractivity (Wildman–Crippen MR) is 79.8 cm³/mol. The Bertz CT molecular complexity index is 633. The number of hydrogen-bond acceptors (Lipinski definition) is 6. The molecule has 3 rings (SSSR count). The summed E-state index contributed by atoms with van der Waals surface area (Å²) in [5, 5.41) is 13.3. The standard InChI is InChI=1S/C15H20N4O4/c1-9-12(10(2)23-19-9)7-22-14-8-21-4-3-13(14)18-15(20)11-5-16-17-6-11/h5-6,13-14H,3-4,7-8H2,1-2H3,(H,16,17)(H,18,20)/t13-,14-/m1/s1. The molecule has 2 aromatic rings. The van der Waals surface area contributed by atoms with Gasteiger partial charge in [-0.15, -0.1) is 0 Å². The fraction of sp³-hybridized carbons (Fsp3) is 0.533. The van der Waals surface area contributed by atoms with Crippen LogP contribution in [0.3, 0.4) is 0 Å². The SMILES string of the molecule is Cc1noc(C)c1CO[C@@H]1COCC[C@H]1NC(=O)c1cn[nH]c1. The van der Waals surface area contributed by atoms with Crippen LogP contribution in [-0.4, -0.2) is 46.6 Å². The highest BCUT2D eigenvalue weighted by atomic mass is 16.5. The second kappa shape index (κ2) is 6.93. The van der Waals surface area contributed by atoms with E-state index in [1.165, 1.54) is 6.20 Å². The van der Waals surface area contributed by atoms with Crippen molar-refractivity contribution < 1.29 is 18.8 Å². The van der Waals surface area contributed by atoms with E-state index in [1.807, 2.05) is 13.8 Å². The smallest absolute Gasteiger partial charge is 0.254 e. The lowest BCUT2D eigenvalue weighted by Crippen LogP contribution is -2.49. The quantitative estimate of drug-likeness (QED) is 0.856. The molecule has 0 unspecified atom stereocenters. The second-order valence-electron chi connectivity index (χ2n) is 5.58. The summed E-state index contributed by atoms with van der Waals surface area (Å²) in [7, 11) is 0. The van der Waals surface area contributed by atoms with Gasteiger partial charge in [-0.1, -0.05) is 5.16 Å². The minimum atomic E-state index is -0.215. The molecule has 2 aromatic heterocycles. The molecule has 0 bridgehead atoms. The average Bonchev–Trinajstić information content (AvgIpc) is 3.18. The van der Waals surface area contributed by atoms with E-state index >= 15 is 0 Å². The zero-order valence-corrected chi connectivity index (χ0v) is 13.2. The summed E-state index contributed by atoms with van der Waals surface area (Å²) in [6, 6.07) is -0.105. The fourth-order valence-electron chi connectivity index (χ4n) is 2.57.